The molecule has 4 nitrogen and oxygen atoms in total. The highest BCUT2D eigenvalue weighted by molar-refractivity contribution is 6.30. The Morgan fingerprint density at radius 2 is 1.62 bits per heavy atom. The van der Waals surface area contributed by atoms with Gasteiger partial charge in [0.1, 0.15) is 0 Å². The summed E-state index contributed by atoms with van der Waals surface area (Å²) in [6.07, 6.45) is -0.326. The summed E-state index contributed by atoms with van der Waals surface area (Å²) in [4.78, 5) is 28.1. The number of nitrogens with zero attached hydrogens (tertiary/aromatic N) is 1. The van der Waals surface area contributed by atoms with Crippen LogP contribution in [0.15, 0.2) is 91.0 Å². The number of rotatable bonds is 5. The van der Waals surface area contributed by atoms with E-state index in [0.29, 0.717) is 21.8 Å². The van der Waals surface area contributed by atoms with Crippen LogP contribution in [0.2, 0.25) is 5.02 Å². The molecule has 0 saturated carbocycles. The zero-order valence-electron chi connectivity index (χ0n) is 17.2. The van der Waals surface area contributed by atoms with Gasteiger partial charge in [0.2, 0.25) is 0 Å². The van der Waals surface area contributed by atoms with Gasteiger partial charge in [-0.15, -0.1) is 0 Å². The molecule has 1 atom stereocenters. The summed E-state index contributed by atoms with van der Waals surface area (Å²) in [7, 11) is 0. The number of benzene rings is 4. The lowest BCUT2D eigenvalue weighted by Gasteiger charge is -2.23. The van der Waals surface area contributed by atoms with Crippen LogP contribution in [0.5, 0.6) is 0 Å². The van der Waals surface area contributed by atoms with E-state index >= 15 is 0 Å². The number of fused-ring (bicyclic) bond motifs is 2. The number of para-hydroxylation sites is 1. The minimum atomic E-state index is -1.92. The average molecular weight is 442 g/mol. The third-order valence-electron chi connectivity index (χ3n) is 5.96. The fraction of sp³-hybridized carbons (Fsp3) is 0.111. The lowest BCUT2D eigenvalue weighted by Crippen LogP contribution is -2.41. The molecular weight excluding hydrogens is 422 g/mol. The Balaban J connectivity index is 1.48. The predicted molar refractivity (Wildman–Crippen MR) is 126 cm³/mol. The summed E-state index contributed by atoms with van der Waals surface area (Å²) < 4.78 is 0. The van der Waals surface area contributed by atoms with Crippen LogP contribution in [0.25, 0.3) is 10.8 Å². The van der Waals surface area contributed by atoms with Gasteiger partial charge < -0.3 is 10.0 Å². The zero-order chi connectivity index (χ0) is 22.3. The zero-order valence-corrected chi connectivity index (χ0v) is 17.9. The normalized spacial score (nSPS) is 17.6. The maximum atomic E-state index is 13.4. The van der Waals surface area contributed by atoms with Crippen molar-refractivity contribution in [3.05, 3.63) is 113 Å². The summed E-state index contributed by atoms with van der Waals surface area (Å²) in [6, 6.07) is 27.5. The van der Waals surface area contributed by atoms with Gasteiger partial charge in [0.25, 0.3) is 5.91 Å². The van der Waals surface area contributed by atoms with E-state index in [0.717, 1.165) is 16.3 Å². The first-order chi connectivity index (χ1) is 15.5. The first kappa shape index (κ1) is 20.4. The van der Waals surface area contributed by atoms with Gasteiger partial charge in [-0.05, 0) is 40.6 Å². The van der Waals surface area contributed by atoms with Crippen LogP contribution < -0.4 is 4.90 Å². The average Bonchev–Trinajstić information content (AvgIpc) is 3.01. The molecule has 0 saturated heterocycles. The number of anilines is 1. The van der Waals surface area contributed by atoms with Crippen molar-refractivity contribution in [3.63, 3.8) is 0 Å². The topological polar surface area (TPSA) is 57.6 Å². The monoisotopic (exact) mass is 441 g/mol. The van der Waals surface area contributed by atoms with E-state index in [1.807, 2.05) is 48.5 Å². The van der Waals surface area contributed by atoms with Crippen LogP contribution >= 0.6 is 11.6 Å². The number of Topliss-reactive ketones (excluding diaryl/α,β-unsaturated/α-hetero) is 1. The highest BCUT2D eigenvalue weighted by Gasteiger charge is 2.50. The van der Waals surface area contributed by atoms with Crippen molar-refractivity contribution in [1.29, 1.82) is 0 Å². The molecule has 4 aromatic carbocycles. The number of halogens is 1. The quantitative estimate of drug-likeness (QED) is 0.416. The molecule has 1 aliphatic rings. The van der Waals surface area contributed by atoms with E-state index in [9.17, 15) is 14.7 Å². The van der Waals surface area contributed by atoms with E-state index < -0.39 is 11.5 Å². The van der Waals surface area contributed by atoms with Gasteiger partial charge in [0.05, 0.1) is 18.7 Å². The molecule has 0 aliphatic carbocycles. The highest BCUT2D eigenvalue weighted by Crippen LogP contribution is 2.43. The summed E-state index contributed by atoms with van der Waals surface area (Å²) >= 11 is 6.10. The summed E-state index contributed by atoms with van der Waals surface area (Å²) in [5, 5.41) is 14.1. The molecule has 5 heteroatoms. The minimum absolute atomic E-state index is 0.253. The Morgan fingerprint density at radius 1 is 0.875 bits per heavy atom. The number of carbonyl (C=O) groups is 2. The molecule has 0 bridgehead atoms. The lowest BCUT2D eigenvalue weighted by molar-refractivity contribution is -0.136. The van der Waals surface area contributed by atoms with Gasteiger partial charge in [-0.3, -0.25) is 9.59 Å². The molecule has 5 rings (SSSR count). The Kier molecular flexibility index (Phi) is 5.04. The molecule has 0 aromatic heterocycles. The molecule has 0 spiro atoms. The van der Waals surface area contributed by atoms with Gasteiger partial charge in [0, 0.05) is 16.1 Å². The third-order valence-corrected chi connectivity index (χ3v) is 6.19. The molecule has 32 heavy (non-hydrogen) atoms. The number of hydrogen-bond acceptors (Lipinski definition) is 3. The van der Waals surface area contributed by atoms with Crippen molar-refractivity contribution in [2.45, 2.75) is 18.6 Å². The van der Waals surface area contributed by atoms with Crippen molar-refractivity contribution >= 4 is 39.8 Å². The largest absolute Gasteiger partial charge is 0.375 e. The molecule has 1 amide bonds. The number of aliphatic hydroxyl groups is 1. The van der Waals surface area contributed by atoms with Crippen LogP contribution in [0.3, 0.4) is 0 Å². The molecule has 158 valence electrons. The Labute approximate surface area is 190 Å². The molecule has 0 radical (unpaired) electrons. The molecule has 1 N–H and O–H groups in total. The maximum Gasteiger partial charge on any atom is 0.264 e. The molecular formula is C27H20ClNO3. The smallest absolute Gasteiger partial charge is 0.264 e. The molecule has 1 unspecified atom stereocenters. The van der Waals surface area contributed by atoms with E-state index in [-0.39, 0.29) is 18.7 Å². The van der Waals surface area contributed by atoms with Crippen LogP contribution in [0.1, 0.15) is 27.9 Å². The van der Waals surface area contributed by atoms with Crippen molar-refractivity contribution < 1.29 is 14.7 Å². The summed E-state index contributed by atoms with van der Waals surface area (Å²) in [6.45, 7) is 0.253. The van der Waals surface area contributed by atoms with Crippen LogP contribution in [-0.2, 0) is 16.9 Å². The maximum absolute atomic E-state index is 13.4. The summed E-state index contributed by atoms with van der Waals surface area (Å²) in [5.41, 5.74) is 0.437. The molecule has 1 aliphatic heterocycles. The Morgan fingerprint density at radius 3 is 2.44 bits per heavy atom. The standard InChI is InChI=1S/C27H20ClNO3/c28-22-9-5-6-18(14-22)17-29-24-11-4-3-10-23(24)27(32,26(29)31)16-25(30)21-13-12-19-7-1-2-8-20(19)15-21/h1-15,32H,16-17H2. The number of hydrogen-bond donors (Lipinski definition) is 1. The molecule has 0 fully saturated rings. The second-order valence-electron chi connectivity index (χ2n) is 8.06. The van der Waals surface area contributed by atoms with Crippen molar-refractivity contribution in [3.8, 4) is 0 Å². The van der Waals surface area contributed by atoms with Crippen molar-refractivity contribution in [2.75, 3.05) is 4.90 Å². The van der Waals surface area contributed by atoms with Gasteiger partial charge >= 0.3 is 0 Å². The molecule has 1 heterocycles. The first-order valence-corrected chi connectivity index (χ1v) is 10.7. The highest BCUT2D eigenvalue weighted by atomic mass is 35.5. The number of ketones is 1. The fourth-order valence-corrected chi connectivity index (χ4v) is 4.56. The van der Waals surface area contributed by atoms with Gasteiger partial charge in [-0.2, -0.15) is 0 Å². The second-order valence-corrected chi connectivity index (χ2v) is 8.50. The van der Waals surface area contributed by atoms with Crippen LogP contribution in [0, 0.1) is 0 Å². The van der Waals surface area contributed by atoms with Gasteiger partial charge in [-0.1, -0.05) is 78.3 Å². The third kappa shape index (κ3) is 3.48. The van der Waals surface area contributed by atoms with Gasteiger partial charge in [-0.25, -0.2) is 0 Å². The fourth-order valence-electron chi connectivity index (χ4n) is 4.35. The predicted octanol–water partition coefficient (Wildman–Crippen LogP) is 5.50. The second kappa shape index (κ2) is 7.90. The van der Waals surface area contributed by atoms with E-state index in [2.05, 4.69) is 0 Å². The SMILES string of the molecule is O=C(CC1(O)C(=O)N(Cc2cccc(Cl)c2)c2ccccc21)c1ccc2ccccc2c1. The molecule has 4 aromatic rings. The van der Waals surface area contributed by atoms with Gasteiger partial charge in [0.15, 0.2) is 11.4 Å². The minimum Gasteiger partial charge on any atom is -0.375 e. The summed E-state index contributed by atoms with van der Waals surface area (Å²) in [5.74, 6) is -0.793. The van der Waals surface area contributed by atoms with Crippen molar-refractivity contribution in [1.82, 2.24) is 0 Å². The Bertz CT molecular complexity index is 1370. The number of carbonyl (C=O) groups excluding carboxylic acids is 2. The van der Waals surface area contributed by atoms with Crippen LogP contribution in [-0.4, -0.2) is 16.8 Å². The van der Waals surface area contributed by atoms with E-state index in [4.69, 9.17) is 11.6 Å². The number of amides is 1. The first-order valence-electron chi connectivity index (χ1n) is 10.4. The van der Waals surface area contributed by atoms with E-state index in [1.54, 1.807) is 42.5 Å². The van der Waals surface area contributed by atoms with Crippen LogP contribution in [0.4, 0.5) is 5.69 Å². The lowest BCUT2D eigenvalue weighted by atomic mass is 9.88. The van der Waals surface area contributed by atoms with E-state index in [1.165, 1.54) is 4.90 Å². The Hall–Kier alpha value is -3.47. The van der Waals surface area contributed by atoms with Crippen molar-refractivity contribution in [2.24, 2.45) is 0 Å².